The molecule has 0 aromatic heterocycles. The first-order valence-electron chi connectivity index (χ1n) is 13.9. The number of benzene rings is 1. The van der Waals surface area contributed by atoms with Gasteiger partial charge in [-0.2, -0.15) is 0 Å². The fourth-order valence-corrected chi connectivity index (χ4v) is 7.91. The summed E-state index contributed by atoms with van der Waals surface area (Å²) in [4.78, 5) is 0.167. The van der Waals surface area contributed by atoms with Crippen molar-refractivity contribution >= 4 is 10.0 Å². The molecule has 0 spiro atoms. The van der Waals surface area contributed by atoms with Crippen LogP contribution in [0.3, 0.4) is 0 Å². The molecule has 0 unspecified atom stereocenters. The summed E-state index contributed by atoms with van der Waals surface area (Å²) in [5, 5.41) is 30.9. The minimum atomic E-state index is -3.83. The van der Waals surface area contributed by atoms with Gasteiger partial charge in [-0.3, -0.25) is 4.72 Å². The summed E-state index contributed by atoms with van der Waals surface area (Å²) in [6.07, 6.45) is 2.27. The van der Waals surface area contributed by atoms with Gasteiger partial charge in [0.2, 0.25) is 0 Å². The SMILES string of the molecule is CC(C)C1=C2C3=CC=C(NS(=O)(=O)c4ccccc4)C[C@H](O[C@@H]4OC[C@@H](O)[C@H](O)[C@H]4O)[C@]3(C)CC[C@@]2(C)CC1. The number of aliphatic hydroxyl groups is 3. The quantitative estimate of drug-likeness (QED) is 0.420. The molecule has 1 aromatic carbocycles. The van der Waals surface area contributed by atoms with Crippen molar-refractivity contribution in [2.24, 2.45) is 16.7 Å². The summed E-state index contributed by atoms with van der Waals surface area (Å²) in [5.74, 6) is 0.382. The first-order valence-corrected chi connectivity index (χ1v) is 15.4. The van der Waals surface area contributed by atoms with Crippen molar-refractivity contribution in [3.05, 3.63) is 64.9 Å². The highest BCUT2D eigenvalue weighted by atomic mass is 32.2. The number of hydrogen-bond donors (Lipinski definition) is 4. The Hall–Kier alpha value is -2.01. The lowest BCUT2D eigenvalue weighted by Gasteiger charge is -2.50. The molecule has 0 bridgehead atoms. The van der Waals surface area contributed by atoms with Crippen molar-refractivity contribution < 1.29 is 33.2 Å². The fourth-order valence-electron chi connectivity index (χ4n) is 6.78. The van der Waals surface area contributed by atoms with Gasteiger partial charge in [-0.25, -0.2) is 8.42 Å². The van der Waals surface area contributed by atoms with Crippen molar-refractivity contribution in [3.8, 4) is 0 Å². The monoisotopic (exact) mass is 559 g/mol. The number of fused-ring (bicyclic) bond motifs is 3. The number of hydrogen-bond acceptors (Lipinski definition) is 7. The highest BCUT2D eigenvalue weighted by molar-refractivity contribution is 7.89. The average Bonchev–Trinajstić information content (AvgIpc) is 3.19. The van der Waals surface area contributed by atoms with Crippen molar-refractivity contribution in [2.75, 3.05) is 6.61 Å². The highest BCUT2D eigenvalue weighted by Gasteiger charge is 2.53. The molecule has 1 saturated heterocycles. The summed E-state index contributed by atoms with van der Waals surface area (Å²) in [5.41, 5.74) is 3.94. The molecule has 1 aliphatic heterocycles. The van der Waals surface area contributed by atoms with E-state index in [1.807, 2.05) is 6.08 Å². The average molecular weight is 560 g/mol. The second kappa shape index (κ2) is 10.4. The summed E-state index contributed by atoms with van der Waals surface area (Å²) >= 11 is 0. The molecule has 1 aromatic rings. The topological polar surface area (TPSA) is 125 Å². The molecule has 0 amide bonds. The van der Waals surface area contributed by atoms with Crippen molar-refractivity contribution in [2.45, 2.75) is 95.4 Å². The third-order valence-corrected chi connectivity index (χ3v) is 10.7. The first-order chi connectivity index (χ1) is 18.4. The van der Waals surface area contributed by atoms with Gasteiger partial charge in [-0.15, -0.1) is 0 Å². The molecule has 4 N–H and O–H groups in total. The standard InChI is InChI=1S/C30H41NO7S/c1-18(2)21-12-13-29(3)14-15-30(4)22(25(21)29)11-10-19(31-39(35,36)20-8-6-5-7-9-20)16-24(30)38-28-27(34)26(33)23(32)17-37-28/h5-11,18,23-24,26-28,31-34H,12-17H2,1-4H3/t23-,24+,26+,27-,28+,29-,30-/m1/s1. The van der Waals surface area contributed by atoms with Crippen LogP contribution < -0.4 is 4.72 Å². The molecule has 0 radical (unpaired) electrons. The van der Waals surface area contributed by atoms with Crippen LogP contribution in [0.25, 0.3) is 0 Å². The number of rotatable bonds is 6. The minimum absolute atomic E-state index is 0.0402. The predicted octanol–water partition coefficient (Wildman–Crippen LogP) is 3.56. The van der Waals surface area contributed by atoms with E-state index in [2.05, 4.69) is 38.5 Å². The third-order valence-electron chi connectivity index (χ3n) is 9.29. The maximum Gasteiger partial charge on any atom is 0.261 e. The molecular weight excluding hydrogens is 518 g/mol. The van der Waals surface area contributed by atoms with Gasteiger partial charge in [-0.1, -0.05) is 57.5 Å². The first kappa shape index (κ1) is 28.5. The Bertz CT molecular complexity index is 1290. The smallest absolute Gasteiger partial charge is 0.261 e. The van der Waals surface area contributed by atoms with E-state index in [0.29, 0.717) is 11.6 Å². The maximum absolute atomic E-state index is 13.3. The van der Waals surface area contributed by atoms with Gasteiger partial charge in [0, 0.05) is 17.5 Å². The third kappa shape index (κ3) is 5.13. The fraction of sp³-hybridized carbons (Fsp3) is 0.600. The zero-order chi connectivity index (χ0) is 28.2. The van der Waals surface area contributed by atoms with Crippen LogP contribution in [-0.4, -0.2) is 61.1 Å². The van der Waals surface area contributed by atoms with Crippen LogP contribution in [0, 0.1) is 16.7 Å². The molecule has 214 valence electrons. The van der Waals surface area contributed by atoms with Crippen molar-refractivity contribution in [3.63, 3.8) is 0 Å². The molecule has 1 heterocycles. The van der Waals surface area contributed by atoms with E-state index in [0.717, 1.165) is 31.3 Å². The zero-order valence-electron chi connectivity index (χ0n) is 23.1. The predicted molar refractivity (Wildman–Crippen MR) is 147 cm³/mol. The van der Waals surface area contributed by atoms with Gasteiger partial charge < -0.3 is 24.8 Å². The van der Waals surface area contributed by atoms with Gasteiger partial charge in [0.15, 0.2) is 6.29 Å². The van der Waals surface area contributed by atoms with E-state index in [1.54, 1.807) is 30.3 Å². The Morgan fingerprint density at radius 3 is 2.44 bits per heavy atom. The Morgan fingerprint density at radius 1 is 1.03 bits per heavy atom. The number of allylic oxidation sites excluding steroid dienone is 4. The zero-order valence-corrected chi connectivity index (χ0v) is 23.9. The second-order valence-corrected chi connectivity index (χ2v) is 14.0. The molecule has 3 aliphatic carbocycles. The van der Waals surface area contributed by atoms with E-state index >= 15 is 0 Å². The van der Waals surface area contributed by atoms with Gasteiger partial charge in [-0.05, 0) is 66.4 Å². The van der Waals surface area contributed by atoms with Crippen LogP contribution in [0.5, 0.6) is 0 Å². The van der Waals surface area contributed by atoms with E-state index in [-0.39, 0.29) is 23.3 Å². The Morgan fingerprint density at radius 2 is 1.74 bits per heavy atom. The van der Waals surface area contributed by atoms with Gasteiger partial charge >= 0.3 is 0 Å². The lowest BCUT2D eigenvalue weighted by atomic mass is 9.57. The van der Waals surface area contributed by atoms with Crippen molar-refractivity contribution in [1.82, 2.24) is 4.72 Å². The van der Waals surface area contributed by atoms with Crippen LogP contribution in [0.4, 0.5) is 0 Å². The number of sulfonamides is 1. The largest absolute Gasteiger partial charge is 0.388 e. The van der Waals surface area contributed by atoms with Crippen LogP contribution in [0.15, 0.2) is 69.8 Å². The molecule has 39 heavy (non-hydrogen) atoms. The van der Waals surface area contributed by atoms with Crippen LogP contribution in [0.1, 0.15) is 59.8 Å². The molecule has 1 saturated carbocycles. The molecule has 4 aliphatic rings. The summed E-state index contributed by atoms with van der Waals surface area (Å²) in [6, 6.07) is 8.23. The second-order valence-electron chi connectivity index (χ2n) is 12.3. The summed E-state index contributed by atoms with van der Waals surface area (Å²) in [6.45, 7) is 8.75. The lowest BCUT2D eigenvalue weighted by molar-refractivity contribution is -0.291. The molecule has 5 rings (SSSR count). The summed E-state index contributed by atoms with van der Waals surface area (Å²) < 4.78 is 41.4. The minimum Gasteiger partial charge on any atom is -0.388 e. The number of nitrogens with one attached hydrogen (secondary N) is 1. The van der Waals surface area contributed by atoms with Crippen LogP contribution in [-0.2, 0) is 19.5 Å². The van der Waals surface area contributed by atoms with Crippen LogP contribution in [0.2, 0.25) is 0 Å². The molecule has 9 heteroatoms. The van der Waals surface area contributed by atoms with E-state index < -0.39 is 46.1 Å². The Kier molecular flexibility index (Phi) is 7.63. The van der Waals surface area contributed by atoms with Gasteiger partial charge in [0.1, 0.15) is 18.3 Å². The molecule has 2 fully saturated rings. The highest BCUT2D eigenvalue weighted by Crippen LogP contribution is 2.62. The lowest BCUT2D eigenvalue weighted by Crippen LogP contribution is -2.56. The number of aliphatic hydroxyl groups excluding tert-OH is 3. The van der Waals surface area contributed by atoms with Crippen molar-refractivity contribution in [1.29, 1.82) is 0 Å². The summed E-state index contributed by atoms with van der Waals surface area (Å²) in [7, 11) is -3.83. The maximum atomic E-state index is 13.3. The van der Waals surface area contributed by atoms with Gasteiger partial charge in [0.05, 0.1) is 17.6 Å². The Balaban J connectivity index is 1.56. The number of ether oxygens (including phenoxy) is 2. The van der Waals surface area contributed by atoms with Crippen LogP contribution >= 0.6 is 0 Å². The molecule has 8 nitrogen and oxygen atoms in total. The molecule has 7 atom stereocenters. The van der Waals surface area contributed by atoms with E-state index in [4.69, 9.17) is 9.47 Å². The van der Waals surface area contributed by atoms with E-state index in [1.165, 1.54) is 11.1 Å². The van der Waals surface area contributed by atoms with Gasteiger partial charge in [0.25, 0.3) is 10.0 Å². The van der Waals surface area contributed by atoms with E-state index in [9.17, 15) is 23.7 Å². The normalized spacial score (nSPS) is 37.1. The Labute approximate surface area is 231 Å². The molecular formula is C30H41NO7S.